The van der Waals surface area contributed by atoms with Gasteiger partial charge in [-0.15, -0.1) is 19.0 Å². The standard InChI is InChI=1S/C15H22N2O.ClH/c1-4-10-17(15(18)12(2)13(3)16)11-14-8-6-5-7-9-14;/h4-9,12-13H,1,10-11,16H2,2-3H3;1H. The maximum absolute atomic E-state index is 12.3. The molecule has 1 aromatic rings. The summed E-state index contributed by atoms with van der Waals surface area (Å²) >= 11 is 0. The van der Waals surface area contributed by atoms with Crippen molar-refractivity contribution in [2.24, 2.45) is 11.7 Å². The highest BCUT2D eigenvalue weighted by Gasteiger charge is 2.22. The molecule has 0 aromatic heterocycles. The average Bonchev–Trinajstić information content (AvgIpc) is 2.37. The Morgan fingerprint density at radius 2 is 1.95 bits per heavy atom. The molecular weight excluding hydrogens is 260 g/mol. The molecule has 1 rings (SSSR count). The Labute approximate surface area is 121 Å². The van der Waals surface area contributed by atoms with E-state index in [1.807, 2.05) is 44.2 Å². The van der Waals surface area contributed by atoms with Gasteiger partial charge < -0.3 is 10.6 Å². The maximum Gasteiger partial charge on any atom is 0.227 e. The fraction of sp³-hybridized carbons (Fsp3) is 0.400. The van der Waals surface area contributed by atoms with Crippen molar-refractivity contribution >= 4 is 18.3 Å². The van der Waals surface area contributed by atoms with E-state index in [4.69, 9.17) is 5.73 Å². The number of amides is 1. The Balaban J connectivity index is 0.00000324. The number of carbonyl (C=O) groups excluding carboxylic acids is 1. The zero-order valence-electron chi connectivity index (χ0n) is 11.6. The minimum atomic E-state index is -0.173. The summed E-state index contributed by atoms with van der Waals surface area (Å²) in [6, 6.07) is 9.80. The van der Waals surface area contributed by atoms with Gasteiger partial charge in [0.15, 0.2) is 0 Å². The molecule has 2 unspecified atom stereocenters. The number of carbonyl (C=O) groups is 1. The Morgan fingerprint density at radius 1 is 1.37 bits per heavy atom. The van der Waals surface area contributed by atoms with Crippen LogP contribution in [-0.4, -0.2) is 23.4 Å². The second-order valence-electron chi connectivity index (χ2n) is 4.64. The van der Waals surface area contributed by atoms with Crippen LogP contribution < -0.4 is 5.73 Å². The highest BCUT2D eigenvalue weighted by molar-refractivity contribution is 5.85. The summed E-state index contributed by atoms with van der Waals surface area (Å²) < 4.78 is 0. The first kappa shape index (κ1) is 17.7. The Bertz CT molecular complexity index is 392. The lowest BCUT2D eigenvalue weighted by molar-refractivity contribution is -0.135. The zero-order chi connectivity index (χ0) is 13.5. The summed E-state index contributed by atoms with van der Waals surface area (Å²) in [5.41, 5.74) is 6.91. The molecule has 19 heavy (non-hydrogen) atoms. The fourth-order valence-electron chi connectivity index (χ4n) is 1.70. The molecule has 0 aliphatic carbocycles. The van der Waals surface area contributed by atoms with Crippen LogP contribution in [0.25, 0.3) is 0 Å². The lowest BCUT2D eigenvalue weighted by Gasteiger charge is -2.26. The third-order valence-corrected chi connectivity index (χ3v) is 3.06. The van der Waals surface area contributed by atoms with Gasteiger partial charge in [-0.2, -0.15) is 0 Å². The minimum Gasteiger partial charge on any atom is -0.334 e. The van der Waals surface area contributed by atoms with E-state index >= 15 is 0 Å². The third kappa shape index (κ3) is 5.45. The van der Waals surface area contributed by atoms with E-state index in [0.29, 0.717) is 13.1 Å². The number of nitrogens with two attached hydrogens (primary N) is 1. The summed E-state index contributed by atoms with van der Waals surface area (Å²) in [5, 5.41) is 0. The van der Waals surface area contributed by atoms with Crippen molar-refractivity contribution in [2.45, 2.75) is 26.4 Å². The molecule has 1 amide bonds. The van der Waals surface area contributed by atoms with Gasteiger partial charge in [0.05, 0.1) is 5.92 Å². The normalized spacial score (nSPS) is 13.0. The summed E-state index contributed by atoms with van der Waals surface area (Å²) in [4.78, 5) is 14.1. The molecule has 4 heteroatoms. The van der Waals surface area contributed by atoms with E-state index in [0.717, 1.165) is 5.56 Å². The van der Waals surface area contributed by atoms with Crippen molar-refractivity contribution in [3.8, 4) is 0 Å². The average molecular weight is 283 g/mol. The molecule has 0 radical (unpaired) electrons. The van der Waals surface area contributed by atoms with Crippen molar-refractivity contribution in [2.75, 3.05) is 6.54 Å². The smallest absolute Gasteiger partial charge is 0.227 e. The molecule has 3 nitrogen and oxygen atoms in total. The first-order chi connectivity index (χ1) is 8.56. The molecule has 0 heterocycles. The van der Waals surface area contributed by atoms with Gasteiger partial charge in [0.1, 0.15) is 0 Å². The van der Waals surface area contributed by atoms with Gasteiger partial charge in [0.2, 0.25) is 5.91 Å². The lowest BCUT2D eigenvalue weighted by Crippen LogP contribution is -2.41. The molecule has 0 aliphatic rings. The van der Waals surface area contributed by atoms with Crippen molar-refractivity contribution in [1.29, 1.82) is 0 Å². The molecule has 0 saturated heterocycles. The van der Waals surface area contributed by atoms with Crippen LogP contribution in [0.15, 0.2) is 43.0 Å². The highest BCUT2D eigenvalue weighted by Crippen LogP contribution is 2.11. The van der Waals surface area contributed by atoms with Crippen molar-refractivity contribution in [3.05, 3.63) is 48.6 Å². The Morgan fingerprint density at radius 3 is 2.42 bits per heavy atom. The van der Waals surface area contributed by atoms with Crippen LogP contribution in [0.3, 0.4) is 0 Å². The third-order valence-electron chi connectivity index (χ3n) is 3.06. The first-order valence-electron chi connectivity index (χ1n) is 6.25. The first-order valence-corrected chi connectivity index (χ1v) is 6.25. The van der Waals surface area contributed by atoms with Gasteiger partial charge in [-0.3, -0.25) is 4.79 Å². The molecule has 0 fully saturated rings. The number of benzene rings is 1. The van der Waals surface area contributed by atoms with E-state index in [1.54, 1.807) is 11.0 Å². The Hall–Kier alpha value is -1.32. The molecule has 2 atom stereocenters. The summed E-state index contributed by atoms with van der Waals surface area (Å²) in [7, 11) is 0. The number of halogens is 1. The van der Waals surface area contributed by atoms with E-state index in [1.165, 1.54) is 0 Å². The molecule has 1 aromatic carbocycles. The van der Waals surface area contributed by atoms with Crippen LogP contribution in [0.4, 0.5) is 0 Å². The molecule has 106 valence electrons. The molecule has 0 aliphatic heterocycles. The maximum atomic E-state index is 12.3. The highest BCUT2D eigenvalue weighted by atomic mass is 35.5. The van der Waals surface area contributed by atoms with Crippen LogP contribution >= 0.6 is 12.4 Å². The monoisotopic (exact) mass is 282 g/mol. The van der Waals surface area contributed by atoms with E-state index in [2.05, 4.69) is 6.58 Å². The van der Waals surface area contributed by atoms with Crippen LogP contribution in [0.5, 0.6) is 0 Å². The van der Waals surface area contributed by atoms with Gasteiger partial charge in [-0.05, 0) is 12.5 Å². The quantitative estimate of drug-likeness (QED) is 0.815. The molecule has 0 spiro atoms. The summed E-state index contributed by atoms with van der Waals surface area (Å²) in [6.45, 7) is 8.58. The SMILES string of the molecule is C=CCN(Cc1ccccc1)C(=O)C(C)C(C)N.Cl. The Kier molecular flexibility index (Phi) is 8.12. The molecule has 0 bridgehead atoms. The van der Waals surface area contributed by atoms with Gasteiger partial charge in [0, 0.05) is 19.1 Å². The largest absolute Gasteiger partial charge is 0.334 e. The predicted octanol–water partition coefficient (Wildman–Crippen LogP) is 2.61. The second kappa shape index (κ2) is 8.73. The van der Waals surface area contributed by atoms with Gasteiger partial charge in [-0.25, -0.2) is 0 Å². The summed E-state index contributed by atoms with van der Waals surface area (Å²) in [5.74, 6) is -0.0950. The number of hydrogen-bond donors (Lipinski definition) is 1. The van der Waals surface area contributed by atoms with E-state index in [9.17, 15) is 4.79 Å². The minimum absolute atomic E-state index is 0. The molecular formula is C15H23ClN2O. The van der Waals surface area contributed by atoms with E-state index in [-0.39, 0.29) is 30.3 Å². The molecule has 2 N–H and O–H groups in total. The lowest BCUT2D eigenvalue weighted by atomic mass is 10.0. The number of hydrogen-bond acceptors (Lipinski definition) is 2. The van der Waals surface area contributed by atoms with Crippen LogP contribution in [-0.2, 0) is 11.3 Å². The van der Waals surface area contributed by atoms with Gasteiger partial charge >= 0.3 is 0 Å². The molecule has 0 saturated carbocycles. The van der Waals surface area contributed by atoms with Crippen LogP contribution in [0.1, 0.15) is 19.4 Å². The van der Waals surface area contributed by atoms with Crippen LogP contribution in [0.2, 0.25) is 0 Å². The predicted molar refractivity (Wildman–Crippen MR) is 82.1 cm³/mol. The van der Waals surface area contributed by atoms with Gasteiger partial charge in [-0.1, -0.05) is 43.3 Å². The van der Waals surface area contributed by atoms with Crippen molar-refractivity contribution in [1.82, 2.24) is 4.90 Å². The van der Waals surface area contributed by atoms with Crippen molar-refractivity contribution in [3.63, 3.8) is 0 Å². The van der Waals surface area contributed by atoms with Gasteiger partial charge in [0.25, 0.3) is 0 Å². The second-order valence-corrected chi connectivity index (χ2v) is 4.64. The summed E-state index contributed by atoms with van der Waals surface area (Å²) in [6.07, 6.45) is 1.74. The fourth-order valence-corrected chi connectivity index (χ4v) is 1.70. The topological polar surface area (TPSA) is 46.3 Å². The number of rotatable bonds is 6. The number of nitrogens with zero attached hydrogens (tertiary/aromatic N) is 1. The van der Waals surface area contributed by atoms with E-state index < -0.39 is 0 Å². The zero-order valence-corrected chi connectivity index (χ0v) is 12.4. The van der Waals surface area contributed by atoms with Crippen LogP contribution in [0, 0.1) is 5.92 Å². The van der Waals surface area contributed by atoms with Crippen molar-refractivity contribution < 1.29 is 4.79 Å².